The van der Waals surface area contributed by atoms with Gasteiger partial charge in [0.15, 0.2) is 0 Å². The minimum absolute atomic E-state index is 0.0982. The second-order valence-electron chi connectivity index (χ2n) is 4.26. The van der Waals surface area contributed by atoms with E-state index >= 15 is 0 Å². The van der Waals surface area contributed by atoms with Crippen LogP contribution in [-0.2, 0) is 6.42 Å². The van der Waals surface area contributed by atoms with Gasteiger partial charge in [-0.05, 0) is 19.1 Å². The molecule has 2 rings (SSSR count). The van der Waals surface area contributed by atoms with Crippen LogP contribution in [0.5, 0.6) is 5.75 Å². The standard InChI is InChI=1S/C15H17BrO2/c1-4-13-11(7-8-18-13)15(16)12-9-10(2)5-6-14(12)17-3/h5-9,15H,4H2,1-3H3. The number of methoxy groups -OCH3 is 1. The fraction of sp³-hybridized carbons (Fsp3) is 0.333. The van der Waals surface area contributed by atoms with Gasteiger partial charge < -0.3 is 9.15 Å². The summed E-state index contributed by atoms with van der Waals surface area (Å²) >= 11 is 3.75. The Morgan fingerprint density at radius 2 is 2.06 bits per heavy atom. The Balaban J connectivity index is 2.45. The molecule has 0 aliphatic rings. The summed E-state index contributed by atoms with van der Waals surface area (Å²) in [5.41, 5.74) is 3.52. The number of benzene rings is 1. The highest BCUT2D eigenvalue weighted by Crippen LogP contribution is 2.39. The van der Waals surface area contributed by atoms with Crippen LogP contribution in [0.25, 0.3) is 0 Å². The molecule has 2 aromatic rings. The lowest BCUT2D eigenvalue weighted by molar-refractivity contribution is 0.410. The van der Waals surface area contributed by atoms with E-state index in [1.165, 1.54) is 11.1 Å². The Morgan fingerprint density at radius 3 is 2.72 bits per heavy atom. The molecule has 96 valence electrons. The molecule has 0 aliphatic carbocycles. The highest BCUT2D eigenvalue weighted by atomic mass is 79.9. The third kappa shape index (κ3) is 2.46. The number of ether oxygens (including phenoxy) is 1. The molecule has 0 amide bonds. The first-order valence-corrected chi connectivity index (χ1v) is 6.93. The molecule has 1 unspecified atom stereocenters. The Kier molecular flexibility index (Phi) is 4.12. The molecule has 1 heterocycles. The quantitative estimate of drug-likeness (QED) is 0.768. The molecule has 2 nitrogen and oxygen atoms in total. The van der Waals surface area contributed by atoms with E-state index in [9.17, 15) is 0 Å². The maximum Gasteiger partial charge on any atom is 0.123 e. The summed E-state index contributed by atoms with van der Waals surface area (Å²) in [6.07, 6.45) is 2.63. The number of hydrogen-bond donors (Lipinski definition) is 0. The zero-order valence-electron chi connectivity index (χ0n) is 10.9. The molecule has 1 aromatic heterocycles. The Bertz CT molecular complexity index is 531. The van der Waals surface area contributed by atoms with Gasteiger partial charge in [-0.2, -0.15) is 0 Å². The first-order valence-electron chi connectivity index (χ1n) is 6.02. The van der Waals surface area contributed by atoms with E-state index in [-0.39, 0.29) is 4.83 Å². The van der Waals surface area contributed by atoms with Crippen LogP contribution in [0.3, 0.4) is 0 Å². The molecule has 1 atom stereocenters. The van der Waals surface area contributed by atoms with Crippen molar-refractivity contribution in [3.05, 3.63) is 53.0 Å². The van der Waals surface area contributed by atoms with Crippen molar-refractivity contribution in [2.45, 2.75) is 25.1 Å². The number of halogens is 1. The zero-order valence-corrected chi connectivity index (χ0v) is 12.5. The second kappa shape index (κ2) is 5.61. The fourth-order valence-corrected chi connectivity index (χ4v) is 2.85. The molecule has 18 heavy (non-hydrogen) atoms. The van der Waals surface area contributed by atoms with Gasteiger partial charge in [0, 0.05) is 17.5 Å². The Hall–Kier alpha value is -1.22. The summed E-state index contributed by atoms with van der Waals surface area (Å²) in [4.78, 5) is 0.0982. The monoisotopic (exact) mass is 308 g/mol. The molecular weight excluding hydrogens is 292 g/mol. The molecule has 0 bridgehead atoms. The first-order chi connectivity index (χ1) is 8.67. The Morgan fingerprint density at radius 1 is 1.28 bits per heavy atom. The van der Waals surface area contributed by atoms with Crippen molar-refractivity contribution >= 4 is 15.9 Å². The van der Waals surface area contributed by atoms with Crippen LogP contribution in [0.2, 0.25) is 0 Å². The van der Waals surface area contributed by atoms with Crippen molar-refractivity contribution in [2.24, 2.45) is 0 Å². The molecule has 0 radical (unpaired) electrons. The van der Waals surface area contributed by atoms with Gasteiger partial charge in [-0.1, -0.05) is 40.5 Å². The summed E-state index contributed by atoms with van der Waals surface area (Å²) in [6.45, 7) is 4.17. The van der Waals surface area contributed by atoms with Gasteiger partial charge in [0.2, 0.25) is 0 Å². The van der Waals surface area contributed by atoms with Gasteiger partial charge in [0.05, 0.1) is 18.2 Å². The van der Waals surface area contributed by atoms with Gasteiger partial charge in [0.1, 0.15) is 11.5 Å². The average molecular weight is 309 g/mol. The number of rotatable bonds is 4. The highest BCUT2D eigenvalue weighted by Gasteiger charge is 2.19. The van der Waals surface area contributed by atoms with E-state index in [0.29, 0.717) is 0 Å². The second-order valence-corrected chi connectivity index (χ2v) is 5.18. The number of furan rings is 1. The highest BCUT2D eigenvalue weighted by molar-refractivity contribution is 9.09. The molecule has 0 fully saturated rings. The summed E-state index contributed by atoms with van der Waals surface area (Å²) < 4.78 is 10.9. The molecule has 0 saturated heterocycles. The SMILES string of the molecule is CCc1occc1C(Br)c1cc(C)ccc1OC. The van der Waals surface area contributed by atoms with Crippen LogP contribution in [0.15, 0.2) is 34.9 Å². The van der Waals surface area contributed by atoms with E-state index in [0.717, 1.165) is 23.5 Å². The van der Waals surface area contributed by atoms with Crippen LogP contribution in [0, 0.1) is 6.92 Å². The van der Waals surface area contributed by atoms with Crippen LogP contribution in [0.1, 0.15) is 34.2 Å². The first kappa shape index (κ1) is 13.2. The van der Waals surface area contributed by atoms with Crippen molar-refractivity contribution in [3.63, 3.8) is 0 Å². The molecule has 1 aromatic carbocycles. The van der Waals surface area contributed by atoms with Crippen LogP contribution in [-0.4, -0.2) is 7.11 Å². The maximum absolute atomic E-state index is 5.49. The summed E-state index contributed by atoms with van der Waals surface area (Å²) in [6, 6.07) is 8.22. The van der Waals surface area contributed by atoms with E-state index < -0.39 is 0 Å². The average Bonchev–Trinajstić information content (AvgIpc) is 2.86. The third-order valence-corrected chi connectivity index (χ3v) is 4.02. The third-order valence-electron chi connectivity index (χ3n) is 3.03. The zero-order chi connectivity index (χ0) is 13.1. The predicted octanol–water partition coefficient (Wildman–Crippen LogP) is 4.64. The summed E-state index contributed by atoms with van der Waals surface area (Å²) in [5.74, 6) is 1.91. The van der Waals surface area contributed by atoms with E-state index in [1.807, 2.05) is 12.1 Å². The lowest BCUT2D eigenvalue weighted by Gasteiger charge is -2.15. The van der Waals surface area contributed by atoms with E-state index in [4.69, 9.17) is 9.15 Å². The molecule has 0 aliphatic heterocycles. The van der Waals surface area contributed by atoms with E-state index in [1.54, 1.807) is 13.4 Å². The van der Waals surface area contributed by atoms with E-state index in [2.05, 4.69) is 41.9 Å². The van der Waals surface area contributed by atoms with Gasteiger partial charge in [-0.3, -0.25) is 0 Å². The minimum atomic E-state index is 0.0982. The molecule has 0 spiro atoms. The number of alkyl halides is 1. The van der Waals surface area contributed by atoms with Crippen molar-refractivity contribution in [1.82, 2.24) is 0 Å². The van der Waals surface area contributed by atoms with Crippen molar-refractivity contribution in [2.75, 3.05) is 7.11 Å². The van der Waals surface area contributed by atoms with Gasteiger partial charge in [0.25, 0.3) is 0 Å². The molecule has 0 N–H and O–H groups in total. The van der Waals surface area contributed by atoms with Gasteiger partial charge in [-0.25, -0.2) is 0 Å². The molecule has 0 saturated carbocycles. The Labute approximate surface area is 116 Å². The predicted molar refractivity (Wildman–Crippen MR) is 76.6 cm³/mol. The molecule has 3 heteroatoms. The summed E-state index contributed by atoms with van der Waals surface area (Å²) in [5, 5.41) is 0. The fourth-order valence-electron chi connectivity index (χ4n) is 2.08. The van der Waals surface area contributed by atoms with Crippen LogP contribution < -0.4 is 4.74 Å². The largest absolute Gasteiger partial charge is 0.496 e. The van der Waals surface area contributed by atoms with Gasteiger partial charge in [-0.15, -0.1) is 0 Å². The topological polar surface area (TPSA) is 22.4 Å². The van der Waals surface area contributed by atoms with Crippen molar-refractivity contribution in [1.29, 1.82) is 0 Å². The maximum atomic E-state index is 5.49. The normalized spacial score (nSPS) is 12.4. The number of hydrogen-bond acceptors (Lipinski definition) is 2. The van der Waals surface area contributed by atoms with Crippen molar-refractivity contribution in [3.8, 4) is 5.75 Å². The van der Waals surface area contributed by atoms with Crippen LogP contribution in [0.4, 0.5) is 0 Å². The lowest BCUT2D eigenvalue weighted by Crippen LogP contribution is -1.99. The van der Waals surface area contributed by atoms with Crippen LogP contribution >= 0.6 is 15.9 Å². The number of aryl methyl sites for hydroxylation is 2. The minimum Gasteiger partial charge on any atom is -0.496 e. The molecular formula is C15H17BrO2. The summed E-state index contributed by atoms with van der Waals surface area (Å²) in [7, 11) is 1.70. The van der Waals surface area contributed by atoms with Crippen molar-refractivity contribution < 1.29 is 9.15 Å². The smallest absolute Gasteiger partial charge is 0.123 e. The lowest BCUT2D eigenvalue weighted by atomic mass is 10.0. The van der Waals surface area contributed by atoms with Gasteiger partial charge >= 0.3 is 0 Å².